The molecule has 3 rings (SSSR count). The highest BCUT2D eigenvalue weighted by molar-refractivity contribution is 5.49. The molecule has 0 fully saturated rings. The van der Waals surface area contributed by atoms with Crippen molar-refractivity contribution in [3.05, 3.63) is 55.2 Å². The van der Waals surface area contributed by atoms with Crippen LogP contribution in [0.2, 0.25) is 0 Å². The first-order valence-corrected chi connectivity index (χ1v) is 6.86. The van der Waals surface area contributed by atoms with Crippen molar-refractivity contribution >= 4 is 5.69 Å². The number of ether oxygens (including phenoxy) is 1. The monoisotopic (exact) mass is 300 g/mol. The molecule has 0 amide bonds. The molecule has 22 heavy (non-hydrogen) atoms. The van der Waals surface area contributed by atoms with Crippen molar-refractivity contribution in [3.8, 4) is 17.5 Å². The maximum atomic E-state index is 5.36. The lowest BCUT2D eigenvalue weighted by molar-refractivity contribution is 0.380. The van der Waals surface area contributed by atoms with E-state index in [2.05, 4.69) is 15.0 Å². The van der Waals surface area contributed by atoms with Crippen LogP contribution in [0.1, 0.15) is 13.8 Å². The quantitative estimate of drug-likeness (QED) is 0.729. The van der Waals surface area contributed by atoms with Gasteiger partial charge in [-0.3, -0.25) is 0 Å². The number of nitrogen functional groups attached to an aromatic ring is 1. The summed E-state index contributed by atoms with van der Waals surface area (Å²) < 4.78 is 9.93. The molecule has 3 aromatic rings. The molecule has 1 aromatic carbocycles. The summed E-state index contributed by atoms with van der Waals surface area (Å²) in [7, 11) is 1.51. The summed E-state index contributed by atoms with van der Waals surface area (Å²) in [6, 6.07) is 11.5. The molecule has 0 atom stereocenters. The molecular formula is C16H20N4O2. The third kappa shape index (κ3) is 5.62. The Morgan fingerprint density at radius 2 is 1.82 bits per heavy atom. The number of nitrogens with two attached hydrogens (primary N) is 1. The van der Waals surface area contributed by atoms with Crippen LogP contribution in [-0.2, 0) is 0 Å². The van der Waals surface area contributed by atoms with Gasteiger partial charge in [-0.15, -0.1) is 0 Å². The standard InChI is InChI=1S/C8H7N3O2.C6H7N.C2H6/c1-12-8-10-3-2-6(11-8)7-4-9-5-13-7;7-6-4-2-1-3-5-6;1-2/h2-5H,1H3;1-5H,7H2;1-2H3. The molecule has 6 heteroatoms. The Hall–Kier alpha value is -2.89. The molecule has 0 saturated carbocycles. The van der Waals surface area contributed by atoms with Crippen molar-refractivity contribution in [2.24, 2.45) is 0 Å². The summed E-state index contributed by atoms with van der Waals surface area (Å²) in [5.41, 5.74) is 6.84. The van der Waals surface area contributed by atoms with Crippen molar-refractivity contribution in [1.29, 1.82) is 0 Å². The molecule has 0 aliphatic rings. The van der Waals surface area contributed by atoms with Gasteiger partial charge >= 0.3 is 6.01 Å². The largest absolute Gasteiger partial charge is 0.467 e. The first kappa shape index (κ1) is 17.2. The van der Waals surface area contributed by atoms with E-state index >= 15 is 0 Å². The summed E-state index contributed by atoms with van der Waals surface area (Å²) in [6.45, 7) is 4.00. The summed E-state index contributed by atoms with van der Waals surface area (Å²) in [5.74, 6) is 0.598. The summed E-state index contributed by atoms with van der Waals surface area (Å²) in [6.07, 6.45) is 4.54. The van der Waals surface area contributed by atoms with Crippen molar-refractivity contribution in [3.63, 3.8) is 0 Å². The molecule has 2 aromatic heterocycles. The van der Waals surface area contributed by atoms with Crippen LogP contribution in [0.15, 0.2) is 59.6 Å². The van der Waals surface area contributed by atoms with Crippen LogP contribution < -0.4 is 10.5 Å². The number of oxazole rings is 1. The third-order valence-corrected chi connectivity index (χ3v) is 2.30. The maximum absolute atomic E-state index is 5.36. The van der Waals surface area contributed by atoms with Crippen molar-refractivity contribution in [2.75, 3.05) is 12.8 Å². The van der Waals surface area contributed by atoms with Crippen LogP contribution in [0.4, 0.5) is 5.69 Å². The lowest BCUT2D eigenvalue weighted by Gasteiger charge is -1.97. The van der Waals surface area contributed by atoms with Crippen LogP contribution >= 0.6 is 0 Å². The Morgan fingerprint density at radius 1 is 1.09 bits per heavy atom. The van der Waals surface area contributed by atoms with E-state index in [1.165, 1.54) is 13.5 Å². The van der Waals surface area contributed by atoms with Gasteiger partial charge in [0.25, 0.3) is 0 Å². The van der Waals surface area contributed by atoms with E-state index < -0.39 is 0 Å². The van der Waals surface area contributed by atoms with Gasteiger partial charge in [0.15, 0.2) is 12.2 Å². The average molecular weight is 300 g/mol. The maximum Gasteiger partial charge on any atom is 0.316 e. The number of para-hydroxylation sites is 1. The second-order valence-corrected chi connectivity index (χ2v) is 3.70. The van der Waals surface area contributed by atoms with E-state index in [1.54, 1.807) is 18.5 Å². The Morgan fingerprint density at radius 3 is 2.32 bits per heavy atom. The number of methoxy groups -OCH3 is 1. The normalized spacial score (nSPS) is 8.86. The number of benzene rings is 1. The van der Waals surface area contributed by atoms with Crippen LogP contribution in [-0.4, -0.2) is 22.1 Å². The fourth-order valence-electron chi connectivity index (χ4n) is 1.37. The van der Waals surface area contributed by atoms with Crippen molar-refractivity contribution < 1.29 is 9.15 Å². The SMILES string of the molecule is CC.COc1nccc(-c2cnco2)n1.Nc1ccccc1. The molecule has 0 saturated heterocycles. The number of rotatable bonds is 2. The summed E-state index contributed by atoms with van der Waals surface area (Å²) in [4.78, 5) is 11.7. The Bertz CT molecular complexity index is 628. The zero-order chi connectivity index (χ0) is 16.2. The molecule has 2 heterocycles. The minimum Gasteiger partial charge on any atom is -0.467 e. The molecule has 6 nitrogen and oxygen atoms in total. The van der Waals surface area contributed by atoms with E-state index in [0.717, 1.165) is 5.69 Å². The van der Waals surface area contributed by atoms with Crippen LogP contribution in [0.5, 0.6) is 6.01 Å². The van der Waals surface area contributed by atoms with Gasteiger partial charge in [0.2, 0.25) is 0 Å². The van der Waals surface area contributed by atoms with Crippen molar-refractivity contribution in [2.45, 2.75) is 13.8 Å². The third-order valence-electron chi connectivity index (χ3n) is 2.30. The average Bonchev–Trinajstić information content (AvgIpc) is 3.13. The molecule has 116 valence electrons. The topological polar surface area (TPSA) is 87.1 Å². The fraction of sp³-hybridized carbons (Fsp3) is 0.188. The van der Waals surface area contributed by atoms with E-state index in [4.69, 9.17) is 14.9 Å². The molecule has 0 aliphatic heterocycles. The van der Waals surface area contributed by atoms with Crippen LogP contribution in [0.3, 0.4) is 0 Å². The highest BCUT2D eigenvalue weighted by Crippen LogP contribution is 2.16. The van der Waals surface area contributed by atoms with Crippen LogP contribution in [0.25, 0.3) is 11.5 Å². The molecule has 0 bridgehead atoms. The van der Waals surface area contributed by atoms with Gasteiger partial charge in [-0.1, -0.05) is 32.0 Å². The zero-order valence-corrected chi connectivity index (χ0v) is 12.9. The molecule has 2 N–H and O–H groups in total. The minimum absolute atomic E-state index is 0.314. The Balaban J connectivity index is 0.000000228. The van der Waals surface area contributed by atoms with E-state index in [-0.39, 0.29) is 0 Å². The summed E-state index contributed by atoms with van der Waals surface area (Å²) in [5, 5.41) is 0. The van der Waals surface area contributed by atoms with Gasteiger partial charge in [-0.05, 0) is 18.2 Å². The molecule has 0 unspecified atom stereocenters. The Kier molecular flexibility index (Phi) is 7.74. The highest BCUT2D eigenvalue weighted by Gasteiger charge is 2.04. The number of anilines is 1. The van der Waals surface area contributed by atoms with Gasteiger partial charge in [0.1, 0.15) is 5.69 Å². The van der Waals surface area contributed by atoms with Gasteiger partial charge in [0, 0.05) is 11.9 Å². The molecule has 0 radical (unpaired) electrons. The second-order valence-electron chi connectivity index (χ2n) is 3.70. The fourth-order valence-corrected chi connectivity index (χ4v) is 1.37. The molecular weight excluding hydrogens is 280 g/mol. The van der Waals surface area contributed by atoms with Gasteiger partial charge in [0.05, 0.1) is 13.3 Å². The Labute approximate surface area is 130 Å². The lowest BCUT2D eigenvalue weighted by Crippen LogP contribution is -1.92. The lowest BCUT2D eigenvalue weighted by atomic mass is 10.3. The highest BCUT2D eigenvalue weighted by atomic mass is 16.5. The predicted octanol–water partition coefficient (Wildman–Crippen LogP) is 3.44. The summed E-state index contributed by atoms with van der Waals surface area (Å²) >= 11 is 0. The smallest absolute Gasteiger partial charge is 0.316 e. The van der Waals surface area contributed by atoms with Gasteiger partial charge in [-0.25, -0.2) is 9.97 Å². The first-order valence-electron chi connectivity index (χ1n) is 6.86. The van der Waals surface area contributed by atoms with E-state index in [9.17, 15) is 0 Å². The zero-order valence-electron chi connectivity index (χ0n) is 12.9. The molecule has 0 spiro atoms. The number of nitrogens with zero attached hydrogens (tertiary/aromatic N) is 3. The number of hydrogen-bond donors (Lipinski definition) is 1. The van der Waals surface area contributed by atoms with Crippen LogP contribution in [0, 0.1) is 0 Å². The number of aromatic nitrogens is 3. The van der Waals surface area contributed by atoms with E-state index in [1.807, 2.05) is 44.2 Å². The van der Waals surface area contributed by atoms with Gasteiger partial charge < -0.3 is 14.9 Å². The predicted molar refractivity (Wildman–Crippen MR) is 86.3 cm³/mol. The molecule has 0 aliphatic carbocycles. The second kappa shape index (κ2) is 9.93. The van der Waals surface area contributed by atoms with Gasteiger partial charge in [-0.2, -0.15) is 4.98 Å². The first-order chi connectivity index (χ1) is 10.8. The number of hydrogen-bond acceptors (Lipinski definition) is 6. The minimum atomic E-state index is 0.314. The van der Waals surface area contributed by atoms with Crippen molar-refractivity contribution in [1.82, 2.24) is 15.0 Å². The van der Waals surface area contributed by atoms with E-state index in [0.29, 0.717) is 17.5 Å².